The van der Waals surface area contributed by atoms with Crippen LogP contribution in [0.15, 0.2) is 65.6 Å². The molecule has 1 aliphatic carbocycles. The largest absolute Gasteiger partial charge is 0.127 e. The summed E-state index contributed by atoms with van der Waals surface area (Å²) < 4.78 is 0. The first-order valence-electron chi connectivity index (χ1n) is 10.3. The monoisotopic (exact) mass is 410 g/mol. The van der Waals surface area contributed by atoms with Gasteiger partial charge in [-0.3, -0.25) is 0 Å². The van der Waals surface area contributed by atoms with Crippen LogP contribution in [0.25, 0.3) is 43.3 Å². The number of hydrogen-bond acceptors (Lipinski definition) is 2. The fourth-order valence-corrected chi connectivity index (χ4v) is 6.92. The molecule has 1 aliphatic heterocycles. The van der Waals surface area contributed by atoms with Gasteiger partial charge in [0.05, 0.1) is 0 Å². The average molecular weight is 411 g/mol. The van der Waals surface area contributed by atoms with Crippen LogP contribution in [0.5, 0.6) is 0 Å². The van der Waals surface area contributed by atoms with Gasteiger partial charge in [-0.2, -0.15) is 0 Å². The van der Waals surface area contributed by atoms with Gasteiger partial charge in [0.15, 0.2) is 0 Å². The van der Waals surface area contributed by atoms with Crippen LogP contribution in [0.3, 0.4) is 0 Å². The Bertz CT molecular complexity index is 1410. The van der Waals surface area contributed by atoms with Crippen LogP contribution in [0.1, 0.15) is 24.5 Å². The summed E-state index contributed by atoms with van der Waals surface area (Å²) in [5.74, 6) is 2.09. The minimum Gasteiger partial charge on any atom is -0.127 e. The van der Waals surface area contributed by atoms with Crippen molar-refractivity contribution in [2.75, 3.05) is 11.5 Å². The zero-order chi connectivity index (χ0) is 19.4. The van der Waals surface area contributed by atoms with Gasteiger partial charge in [0, 0.05) is 16.4 Å². The molecule has 0 saturated heterocycles. The molecule has 6 rings (SSSR count). The number of fused-ring (bicyclic) bond motifs is 2. The molecule has 0 fully saturated rings. The van der Waals surface area contributed by atoms with Crippen molar-refractivity contribution in [3.05, 3.63) is 81.9 Å². The molecule has 0 spiro atoms. The van der Waals surface area contributed by atoms with Gasteiger partial charge in [0.2, 0.25) is 0 Å². The molecule has 1 heterocycles. The molecule has 0 amide bonds. The van der Waals surface area contributed by atoms with E-state index in [1.807, 2.05) is 23.5 Å². The molecule has 0 bridgehead atoms. The molecule has 2 aliphatic rings. The van der Waals surface area contributed by atoms with E-state index in [4.69, 9.17) is 0 Å². The van der Waals surface area contributed by atoms with Crippen LogP contribution in [0.2, 0.25) is 0 Å². The van der Waals surface area contributed by atoms with Gasteiger partial charge in [-0.1, -0.05) is 66.8 Å². The van der Waals surface area contributed by atoms with Crippen LogP contribution in [0.4, 0.5) is 0 Å². The molecule has 0 nitrogen and oxygen atoms in total. The van der Waals surface area contributed by atoms with Crippen molar-refractivity contribution in [3.63, 3.8) is 0 Å². The number of benzene rings is 4. The maximum atomic E-state index is 2.46. The third kappa shape index (κ3) is 2.77. The van der Waals surface area contributed by atoms with E-state index in [1.165, 1.54) is 58.5 Å². The van der Waals surface area contributed by atoms with E-state index in [9.17, 15) is 0 Å². The van der Waals surface area contributed by atoms with Crippen molar-refractivity contribution in [2.45, 2.75) is 19.8 Å². The van der Waals surface area contributed by atoms with Crippen LogP contribution in [-0.4, -0.2) is 11.5 Å². The van der Waals surface area contributed by atoms with Gasteiger partial charge in [0.25, 0.3) is 0 Å². The second-order valence-corrected chi connectivity index (χ2v) is 10.2. The van der Waals surface area contributed by atoms with Gasteiger partial charge in [-0.15, -0.1) is 23.5 Å². The van der Waals surface area contributed by atoms with Crippen molar-refractivity contribution in [2.24, 2.45) is 0 Å². The molecular formula is C27H22S2. The molecule has 142 valence electrons. The van der Waals surface area contributed by atoms with Crippen LogP contribution >= 0.6 is 23.5 Å². The molecule has 0 radical (unpaired) electrons. The van der Waals surface area contributed by atoms with Gasteiger partial charge in [0.1, 0.15) is 0 Å². The number of rotatable bonds is 1. The normalized spacial score (nSPS) is 20.6. The minimum atomic E-state index is 1.05. The molecular weight excluding hydrogens is 388 g/mol. The molecule has 0 aromatic heterocycles. The Labute approximate surface area is 179 Å². The summed E-state index contributed by atoms with van der Waals surface area (Å²) in [5.41, 5.74) is 2.89. The molecule has 4 aromatic rings. The van der Waals surface area contributed by atoms with E-state index in [1.54, 1.807) is 0 Å². The van der Waals surface area contributed by atoms with Gasteiger partial charge >= 0.3 is 0 Å². The van der Waals surface area contributed by atoms with Gasteiger partial charge < -0.3 is 0 Å². The summed E-state index contributed by atoms with van der Waals surface area (Å²) in [4.78, 5) is 2.85. The Balaban J connectivity index is 1.69. The zero-order valence-electron chi connectivity index (χ0n) is 16.5. The third-order valence-electron chi connectivity index (χ3n) is 6.26. The quantitative estimate of drug-likeness (QED) is 0.238. The van der Waals surface area contributed by atoms with Crippen LogP contribution < -0.4 is 5.22 Å². The predicted molar refractivity (Wildman–Crippen MR) is 134 cm³/mol. The summed E-state index contributed by atoms with van der Waals surface area (Å²) in [6.07, 6.45) is 9.54. The second-order valence-electron chi connectivity index (χ2n) is 7.89. The first-order valence-corrected chi connectivity index (χ1v) is 12.3. The van der Waals surface area contributed by atoms with Crippen molar-refractivity contribution in [1.82, 2.24) is 0 Å². The summed E-state index contributed by atoms with van der Waals surface area (Å²) in [6, 6.07) is 18.5. The predicted octanol–water partition coefficient (Wildman–Crippen LogP) is 7.32. The van der Waals surface area contributed by atoms with Gasteiger partial charge in [-0.25, -0.2) is 0 Å². The standard InChI is InChI=1S/C27H22S2/c1-17-13-15-29-25(14-16-28-17)19-11-12-24-22-8-3-6-18-5-2-7-21(26(18)22)23-10-4-9-20(19)27(23)24/h3-4,6-14H,2,5,15-16H2,1H3/b17-13-,25-14-. The van der Waals surface area contributed by atoms with Crippen molar-refractivity contribution >= 4 is 66.8 Å². The lowest BCUT2D eigenvalue weighted by Gasteiger charge is -2.19. The molecule has 0 saturated carbocycles. The first-order chi connectivity index (χ1) is 14.3. The van der Waals surface area contributed by atoms with Crippen molar-refractivity contribution in [1.29, 1.82) is 0 Å². The molecule has 0 unspecified atom stereocenters. The minimum absolute atomic E-state index is 1.05. The Morgan fingerprint density at radius 3 is 2.45 bits per heavy atom. The fraction of sp³-hybridized carbons (Fsp3) is 0.185. The SMILES string of the molecule is C/C1=C/CS/C(c2ccc3c4cccc5c4c(c4cccc2c43)=CCC5)=C\CS1. The highest BCUT2D eigenvalue weighted by molar-refractivity contribution is 8.08. The Hall–Kier alpha value is -2.16. The zero-order valence-corrected chi connectivity index (χ0v) is 18.1. The topological polar surface area (TPSA) is 0 Å². The summed E-state index contributed by atoms with van der Waals surface area (Å²) in [5, 5.41) is 9.99. The van der Waals surface area contributed by atoms with E-state index in [0.29, 0.717) is 0 Å². The number of aryl methyl sites for hydroxylation is 1. The molecule has 0 N–H and O–H groups in total. The summed E-state index contributed by atoms with van der Waals surface area (Å²) in [7, 11) is 0. The molecule has 4 aromatic carbocycles. The number of hydrogen-bond donors (Lipinski definition) is 0. The van der Waals surface area contributed by atoms with E-state index in [-0.39, 0.29) is 0 Å². The first kappa shape index (κ1) is 17.7. The molecule has 0 atom stereocenters. The van der Waals surface area contributed by atoms with Crippen molar-refractivity contribution < 1.29 is 0 Å². The maximum Gasteiger partial charge on any atom is 0.0171 e. The lowest BCUT2D eigenvalue weighted by atomic mass is 9.86. The summed E-state index contributed by atoms with van der Waals surface area (Å²) in [6.45, 7) is 2.22. The Morgan fingerprint density at radius 2 is 1.48 bits per heavy atom. The number of allylic oxidation sites excluding steroid dienone is 1. The highest BCUT2D eigenvalue weighted by atomic mass is 32.2. The van der Waals surface area contributed by atoms with E-state index >= 15 is 0 Å². The van der Waals surface area contributed by atoms with Crippen LogP contribution in [0, 0.1) is 0 Å². The number of thioether (sulfide) groups is 2. The maximum absolute atomic E-state index is 2.46. The van der Waals surface area contributed by atoms with Crippen molar-refractivity contribution in [3.8, 4) is 0 Å². The Morgan fingerprint density at radius 1 is 0.690 bits per heavy atom. The lowest BCUT2D eigenvalue weighted by Crippen LogP contribution is -2.12. The Kier molecular flexibility index (Phi) is 4.25. The van der Waals surface area contributed by atoms with Gasteiger partial charge in [-0.05, 0) is 73.3 Å². The smallest absolute Gasteiger partial charge is 0.0171 e. The van der Waals surface area contributed by atoms with Crippen LogP contribution in [-0.2, 0) is 6.42 Å². The molecule has 2 heteroatoms. The average Bonchev–Trinajstić information content (AvgIpc) is 2.74. The van der Waals surface area contributed by atoms with E-state index in [2.05, 4.69) is 73.7 Å². The lowest BCUT2D eigenvalue weighted by molar-refractivity contribution is 1.04. The summed E-state index contributed by atoms with van der Waals surface area (Å²) >= 11 is 3.91. The van der Waals surface area contributed by atoms with E-state index < -0.39 is 0 Å². The second kappa shape index (κ2) is 6.97. The highest BCUT2D eigenvalue weighted by Gasteiger charge is 2.17. The fourth-order valence-electron chi connectivity index (χ4n) is 4.94. The third-order valence-corrected chi connectivity index (χ3v) is 8.24. The highest BCUT2D eigenvalue weighted by Crippen LogP contribution is 2.40. The van der Waals surface area contributed by atoms with E-state index in [0.717, 1.165) is 24.3 Å². The molecule has 29 heavy (non-hydrogen) atoms.